The topological polar surface area (TPSA) is 48.9 Å². The lowest BCUT2D eigenvalue weighted by Crippen LogP contribution is -2.39. The van der Waals surface area contributed by atoms with Crippen LogP contribution >= 0.6 is 0 Å². The lowest BCUT2D eigenvalue weighted by Gasteiger charge is -2.15. The maximum Gasteiger partial charge on any atom is 0.411 e. The zero-order chi connectivity index (χ0) is 19.0. The van der Waals surface area contributed by atoms with Crippen LogP contribution in [-0.4, -0.2) is 57.4 Å². The van der Waals surface area contributed by atoms with E-state index in [1.807, 2.05) is 12.1 Å². The van der Waals surface area contributed by atoms with Crippen molar-refractivity contribution >= 4 is 5.96 Å². The number of hydrogen-bond donors (Lipinski definition) is 2. The molecule has 8 heteroatoms. The summed E-state index contributed by atoms with van der Waals surface area (Å²) in [7, 11) is 3.86. The number of hydrogen-bond acceptors (Lipinski definition) is 3. The van der Waals surface area contributed by atoms with E-state index in [9.17, 15) is 13.2 Å². The van der Waals surface area contributed by atoms with Crippen molar-refractivity contribution in [3.63, 3.8) is 0 Å². The average molecular weight is 372 g/mol. The molecule has 1 aliphatic heterocycles. The summed E-state index contributed by atoms with van der Waals surface area (Å²) in [6, 6.07) is 7.30. The van der Waals surface area contributed by atoms with E-state index in [1.54, 1.807) is 19.2 Å². The second-order valence-corrected chi connectivity index (χ2v) is 6.65. The molecule has 1 fully saturated rings. The summed E-state index contributed by atoms with van der Waals surface area (Å²) < 4.78 is 40.8. The van der Waals surface area contributed by atoms with Gasteiger partial charge in [0.25, 0.3) is 0 Å². The maximum atomic E-state index is 12.1. The normalized spacial score (nSPS) is 19.0. The second kappa shape index (κ2) is 9.78. The molecule has 1 aromatic rings. The Kier molecular flexibility index (Phi) is 7.71. The van der Waals surface area contributed by atoms with E-state index in [4.69, 9.17) is 0 Å². The Balaban J connectivity index is 1.70. The number of aliphatic imine (C=N–C) groups is 1. The predicted octanol–water partition coefficient (Wildman–Crippen LogP) is 2.38. The molecule has 5 nitrogen and oxygen atoms in total. The molecule has 1 aliphatic rings. The minimum atomic E-state index is -4.29. The highest BCUT2D eigenvalue weighted by molar-refractivity contribution is 5.79. The van der Waals surface area contributed by atoms with Crippen molar-refractivity contribution in [3.8, 4) is 0 Å². The number of ether oxygens (including phenoxy) is 1. The number of guanidine groups is 1. The van der Waals surface area contributed by atoms with E-state index in [0.717, 1.165) is 31.2 Å². The monoisotopic (exact) mass is 372 g/mol. The summed E-state index contributed by atoms with van der Waals surface area (Å²) >= 11 is 0. The molecule has 0 aliphatic carbocycles. The minimum absolute atomic E-state index is 0.0493. The highest BCUT2D eigenvalue weighted by Crippen LogP contribution is 2.16. The van der Waals surface area contributed by atoms with Gasteiger partial charge in [0.1, 0.15) is 6.61 Å². The summed E-state index contributed by atoms with van der Waals surface area (Å²) in [4.78, 5) is 6.54. The van der Waals surface area contributed by atoms with E-state index in [-0.39, 0.29) is 6.61 Å². The van der Waals surface area contributed by atoms with Crippen LogP contribution in [0.25, 0.3) is 0 Å². The molecule has 0 aromatic heterocycles. The number of nitrogens with one attached hydrogen (secondary N) is 2. The van der Waals surface area contributed by atoms with Crippen molar-refractivity contribution in [3.05, 3.63) is 35.4 Å². The quantitative estimate of drug-likeness (QED) is 0.570. The zero-order valence-corrected chi connectivity index (χ0v) is 15.3. The predicted molar refractivity (Wildman–Crippen MR) is 96.0 cm³/mol. The van der Waals surface area contributed by atoms with Crippen LogP contribution < -0.4 is 10.6 Å². The van der Waals surface area contributed by atoms with Crippen LogP contribution in [0.1, 0.15) is 17.5 Å². The third-order valence-corrected chi connectivity index (χ3v) is 4.29. The Morgan fingerprint density at radius 1 is 1.23 bits per heavy atom. The van der Waals surface area contributed by atoms with Crippen molar-refractivity contribution in [1.82, 2.24) is 15.5 Å². The first-order valence-corrected chi connectivity index (χ1v) is 8.71. The molecule has 1 heterocycles. The van der Waals surface area contributed by atoms with Gasteiger partial charge < -0.3 is 20.3 Å². The Morgan fingerprint density at radius 3 is 2.50 bits per heavy atom. The molecule has 2 N–H and O–H groups in total. The number of nitrogens with zero attached hydrogens (tertiary/aromatic N) is 2. The number of benzene rings is 1. The molecule has 0 bridgehead atoms. The van der Waals surface area contributed by atoms with E-state index in [1.165, 1.54) is 6.42 Å². The molecule has 146 valence electrons. The van der Waals surface area contributed by atoms with Gasteiger partial charge in [-0.25, -0.2) is 0 Å². The fraction of sp³-hybridized carbons (Fsp3) is 0.611. The van der Waals surface area contributed by atoms with Crippen molar-refractivity contribution in [1.29, 1.82) is 0 Å². The highest BCUT2D eigenvalue weighted by atomic mass is 19.4. The summed E-state index contributed by atoms with van der Waals surface area (Å²) in [5.41, 5.74) is 1.74. The summed E-state index contributed by atoms with van der Waals surface area (Å²) in [6.45, 7) is 2.44. The largest absolute Gasteiger partial charge is 0.411 e. The molecule has 0 saturated carbocycles. The van der Waals surface area contributed by atoms with Crippen LogP contribution in [-0.2, 0) is 17.9 Å². The molecule has 2 rings (SSSR count). The van der Waals surface area contributed by atoms with Gasteiger partial charge in [0.2, 0.25) is 0 Å². The second-order valence-electron chi connectivity index (χ2n) is 6.65. The van der Waals surface area contributed by atoms with Gasteiger partial charge in [-0.2, -0.15) is 13.2 Å². The fourth-order valence-corrected chi connectivity index (χ4v) is 2.88. The molecular formula is C18H27F3N4O. The lowest BCUT2D eigenvalue weighted by molar-refractivity contribution is -0.176. The average Bonchev–Trinajstić information content (AvgIpc) is 3.00. The lowest BCUT2D eigenvalue weighted by atomic mass is 10.1. The van der Waals surface area contributed by atoms with E-state index >= 15 is 0 Å². The van der Waals surface area contributed by atoms with Crippen molar-refractivity contribution in [2.75, 3.05) is 40.3 Å². The number of likely N-dealkylation sites (tertiary alicyclic amines) is 1. The molecule has 1 saturated heterocycles. The minimum Gasteiger partial charge on any atom is -0.367 e. The van der Waals surface area contributed by atoms with Crippen LogP contribution in [0.2, 0.25) is 0 Å². The van der Waals surface area contributed by atoms with Crippen LogP contribution in [0.5, 0.6) is 0 Å². The summed E-state index contributed by atoms with van der Waals surface area (Å²) in [5, 5.41) is 6.59. The van der Waals surface area contributed by atoms with Gasteiger partial charge in [0.15, 0.2) is 5.96 Å². The van der Waals surface area contributed by atoms with E-state index in [2.05, 4.69) is 32.3 Å². The Bertz CT molecular complexity index is 575. The molecule has 1 aromatic carbocycles. The van der Waals surface area contributed by atoms with Gasteiger partial charge in [-0.1, -0.05) is 24.3 Å². The molecule has 0 radical (unpaired) electrons. The van der Waals surface area contributed by atoms with Gasteiger partial charge in [-0.3, -0.25) is 4.99 Å². The number of rotatable bonds is 7. The SMILES string of the molecule is CN=C(NCc1ccc(COCC(F)(F)F)cc1)NCC1CCN(C)C1. The van der Waals surface area contributed by atoms with Gasteiger partial charge in [-0.15, -0.1) is 0 Å². The van der Waals surface area contributed by atoms with E-state index in [0.29, 0.717) is 18.0 Å². The number of halogens is 3. The van der Waals surface area contributed by atoms with Crippen LogP contribution in [0.3, 0.4) is 0 Å². The summed E-state index contributed by atoms with van der Waals surface area (Å²) in [5.74, 6) is 1.38. The van der Waals surface area contributed by atoms with Crippen molar-refractivity contribution < 1.29 is 17.9 Å². The van der Waals surface area contributed by atoms with Gasteiger partial charge >= 0.3 is 6.18 Å². The third-order valence-electron chi connectivity index (χ3n) is 4.29. The Morgan fingerprint density at radius 2 is 1.92 bits per heavy atom. The van der Waals surface area contributed by atoms with Gasteiger partial charge in [-0.05, 0) is 37.1 Å². The summed E-state index contributed by atoms with van der Waals surface area (Å²) in [6.07, 6.45) is -3.10. The maximum absolute atomic E-state index is 12.1. The first-order valence-electron chi connectivity index (χ1n) is 8.71. The first kappa shape index (κ1) is 20.5. The zero-order valence-electron chi connectivity index (χ0n) is 15.3. The van der Waals surface area contributed by atoms with Gasteiger partial charge in [0, 0.05) is 26.7 Å². The van der Waals surface area contributed by atoms with Crippen molar-refractivity contribution in [2.24, 2.45) is 10.9 Å². The van der Waals surface area contributed by atoms with Gasteiger partial charge in [0.05, 0.1) is 6.61 Å². The fourth-order valence-electron chi connectivity index (χ4n) is 2.88. The van der Waals surface area contributed by atoms with Crippen LogP contribution in [0, 0.1) is 5.92 Å². The Labute approximate surface area is 152 Å². The highest BCUT2D eigenvalue weighted by Gasteiger charge is 2.27. The third kappa shape index (κ3) is 7.61. The smallest absolute Gasteiger partial charge is 0.367 e. The van der Waals surface area contributed by atoms with Crippen LogP contribution in [0.4, 0.5) is 13.2 Å². The van der Waals surface area contributed by atoms with Crippen molar-refractivity contribution in [2.45, 2.75) is 25.7 Å². The van der Waals surface area contributed by atoms with E-state index < -0.39 is 12.8 Å². The molecule has 0 amide bonds. The molecular weight excluding hydrogens is 345 g/mol. The molecule has 26 heavy (non-hydrogen) atoms. The van der Waals surface area contributed by atoms with Crippen LogP contribution in [0.15, 0.2) is 29.3 Å². The Hall–Kier alpha value is -1.80. The molecule has 1 atom stereocenters. The number of alkyl halides is 3. The molecule has 1 unspecified atom stereocenters. The first-order chi connectivity index (χ1) is 12.4. The molecule has 0 spiro atoms. The standard InChI is InChI=1S/C18H27F3N4O/c1-22-17(24-10-16-7-8-25(2)11-16)23-9-14-3-5-15(6-4-14)12-26-13-18(19,20)21/h3-6,16H,7-13H2,1-2H3,(H2,22,23,24).